The van der Waals surface area contributed by atoms with Gasteiger partial charge in [-0.3, -0.25) is 0 Å². The van der Waals surface area contributed by atoms with E-state index in [0.29, 0.717) is 4.43 Å². The highest BCUT2D eigenvalue weighted by molar-refractivity contribution is 14.1. The van der Waals surface area contributed by atoms with Crippen molar-refractivity contribution >= 4 is 32.6 Å². The zero-order chi connectivity index (χ0) is 13.1. The van der Waals surface area contributed by atoms with Gasteiger partial charge in [-0.15, -0.1) is 0 Å². The topological polar surface area (TPSA) is 46.2 Å². The minimum absolute atomic E-state index is 0.161. The molecule has 0 saturated carbocycles. The first-order valence-electron chi connectivity index (χ1n) is 5.21. The van der Waals surface area contributed by atoms with Crippen LogP contribution in [0.4, 0.5) is 4.39 Å². The van der Waals surface area contributed by atoms with Gasteiger partial charge in [0.2, 0.25) is 10.0 Å². The Labute approximate surface area is 115 Å². The fourth-order valence-electron chi connectivity index (χ4n) is 1.27. The largest absolute Gasteiger partial charge is 0.243 e. The molecule has 0 amide bonds. The predicted octanol–water partition coefficient (Wildman–Crippen LogP) is 2.56. The van der Waals surface area contributed by atoms with Gasteiger partial charge in [-0.05, 0) is 18.1 Å². The van der Waals surface area contributed by atoms with Gasteiger partial charge in [0.05, 0.1) is 0 Å². The second-order valence-corrected chi connectivity index (χ2v) is 6.62. The molecule has 0 radical (unpaired) electrons. The molecule has 1 unspecified atom stereocenters. The van der Waals surface area contributed by atoms with Crippen LogP contribution in [0.2, 0.25) is 0 Å². The summed E-state index contributed by atoms with van der Waals surface area (Å²) in [6.45, 7) is 3.85. The lowest BCUT2D eigenvalue weighted by Gasteiger charge is -2.20. The van der Waals surface area contributed by atoms with E-state index in [1.807, 2.05) is 13.8 Å². The van der Waals surface area contributed by atoms with Crippen LogP contribution in [-0.4, -0.2) is 18.9 Å². The van der Waals surface area contributed by atoms with Crippen molar-refractivity contribution in [2.24, 2.45) is 5.92 Å². The minimum Gasteiger partial charge on any atom is -0.207 e. The molecule has 1 aromatic carbocycles. The molecule has 1 aromatic rings. The predicted molar refractivity (Wildman–Crippen MR) is 74.2 cm³/mol. The average molecular weight is 371 g/mol. The van der Waals surface area contributed by atoms with Gasteiger partial charge >= 0.3 is 0 Å². The summed E-state index contributed by atoms with van der Waals surface area (Å²) in [5.74, 6) is -0.565. The Morgan fingerprint density at radius 3 is 2.41 bits per heavy atom. The number of sulfonamides is 1. The lowest BCUT2D eigenvalue weighted by molar-refractivity contribution is 0.482. The van der Waals surface area contributed by atoms with Gasteiger partial charge in [0.25, 0.3) is 0 Å². The van der Waals surface area contributed by atoms with E-state index >= 15 is 0 Å². The number of hydrogen-bond donors (Lipinski definition) is 1. The zero-order valence-electron chi connectivity index (χ0n) is 9.65. The van der Waals surface area contributed by atoms with E-state index < -0.39 is 15.8 Å². The van der Waals surface area contributed by atoms with Crippen molar-refractivity contribution in [3.05, 3.63) is 30.1 Å². The van der Waals surface area contributed by atoms with Crippen LogP contribution in [0.3, 0.4) is 0 Å². The van der Waals surface area contributed by atoms with Crippen LogP contribution in [0.1, 0.15) is 13.8 Å². The third-order valence-electron chi connectivity index (χ3n) is 2.40. The maximum absolute atomic E-state index is 13.4. The molecule has 0 aliphatic heterocycles. The Hall–Kier alpha value is -0.210. The maximum Gasteiger partial charge on any atom is 0.243 e. The molecule has 1 N–H and O–H groups in total. The molecule has 6 heteroatoms. The lowest BCUT2D eigenvalue weighted by atomic mass is 10.1. The van der Waals surface area contributed by atoms with E-state index in [1.165, 1.54) is 18.2 Å². The Balaban J connectivity index is 3.01. The van der Waals surface area contributed by atoms with E-state index in [2.05, 4.69) is 27.3 Å². The molecule has 0 heterocycles. The summed E-state index contributed by atoms with van der Waals surface area (Å²) in [5, 5.41) is 0. The zero-order valence-corrected chi connectivity index (χ0v) is 12.6. The monoisotopic (exact) mass is 371 g/mol. The van der Waals surface area contributed by atoms with Gasteiger partial charge in [-0.1, -0.05) is 48.6 Å². The fourth-order valence-corrected chi connectivity index (χ4v) is 4.27. The van der Waals surface area contributed by atoms with Crippen LogP contribution in [-0.2, 0) is 10.0 Å². The molecule has 3 nitrogen and oxygen atoms in total. The first-order valence-corrected chi connectivity index (χ1v) is 8.22. The number of rotatable bonds is 5. The first kappa shape index (κ1) is 14.8. The van der Waals surface area contributed by atoms with Crippen LogP contribution >= 0.6 is 22.6 Å². The normalized spacial score (nSPS) is 13.9. The van der Waals surface area contributed by atoms with Crippen molar-refractivity contribution in [2.45, 2.75) is 24.8 Å². The van der Waals surface area contributed by atoms with E-state index in [9.17, 15) is 12.8 Å². The van der Waals surface area contributed by atoms with Crippen molar-refractivity contribution in [1.29, 1.82) is 0 Å². The number of nitrogens with one attached hydrogen (secondary N) is 1. The van der Waals surface area contributed by atoms with Gasteiger partial charge in [-0.25, -0.2) is 17.5 Å². The van der Waals surface area contributed by atoms with Crippen molar-refractivity contribution in [2.75, 3.05) is 4.43 Å². The highest BCUT2D eigenvalue weighted by Crippen LogP contribution is 2.16. The third-order valence-corrected chi connectivity index (χ3v) is 4.88. The second-order valence-electron chi connectivity index (χ2n) is 4.06. The summed E-state index contributed by atoms with van der Waals surface area (Å²) < 4.78 is 40.5. The number of benzene rings is 1. The molecule has 0 spiro atoms. The van der Waals surface area contributed by atoms with E-state index in [4.69, 9.17) is 0 Å². The first-order chi connectivity index (χ1) is 7.88. The maximum atomic E-state index is 13.4. The van der Waals surface area contributed by atoms with Crippen LogP contribution in [0, 0.1) is 11.7 Å². The molecule has 0 aromatic heterocycles. The molecular weight excluding hydrogens is 356 g/mol. The summed E-state index contributed by atoms with van der Waals surface area (Å²) >= 11 is 2.11. The summed E-state index contributed by atoms with van der Waals surface area (Å²) in [6, 6.07) is 5.18. The standard InChI is InChI=1S/C11H15FINO2S/c1-8(2)10(7-13)14-17(15,16)11-6-4-3-5-9(11)12/h3-6,8,10,14H,7H2,1-2H3. The molecular formula is C11H15FINO2S. The van der Waals surface area contributed by atoms with E-state index in [1.54, 1.807) is 0 Å². The summed E-state index contributed by atoms with van der Waals surface area (Å²) in [7, 11) is -3.78. The Kier molecular flexibility index (Phi) is 5.33. The van der Waals surface area contributed by atoms with Crippen LogP contribution in [0.25, 0.3) is 0 Å². The Morgan fingerprint density at radius 2 is 1.94 bits per heavy atom. The van der Waals surface area contributed by atoms with Crippen molar-refractivity contribution in [3.63, 3.8) is 0 Å². The fraction of sp³-hybridized carbons (Fsp3) is 0.455. The van der Waals surface area contributed by atoms with Gasteiger partial charge in [0, 0.05) is 10.5 Å². The van der Waals surface area contributed by atoms with Crippen LogP contribution in [0.5, 0.6) is 0 Å². The number of hydrogen-bond acceptors (Lipinski definition) is 2. The van der Waals surface area contributed by atoms with Crippen molar-refractivity contribution in [3.8, 4) is 0 Å². The van der Waals surface area contributed by atoms with Gasteiger partial charge in [0.15, 0.2) is 0 Å². The van der Waals surface area contributed by atoms with Gasteiger partial charge in [-0.2, -0.15) is 0 Å². The highest BCUT2D eigenvalue weighted by atomic mass is 127. The van der Waals surface area contributed by atoms with Crippen LogP contribution in [0.15, 0.2) is 29.2 Å². The van der Waals surface area contributed by atoms with Crippen molar-refractivity contribution in [1.82, 2.24) is 4.72 Å². The van der Waals surface area contributed by atoms with E-state index in [-0.39, 0.29) is 16.9 Å². The SMILES string of the molecule is CC(C)C(CI)NS(=O)(=O)c1ccccc1F. The summed E-state index contributed by atoms with van der Waals surface area (Å²) in [4.78, 5) is -0.296. The molecule has 0 saturated heterocycles. The molecule has 17 heavy (non-hydrogen) atoms. The average Bonchev–Trinajstić information content (AvgIpc) is 2.26. The molecule has 0 fully saturated rings. The highest BCUT2D eigenvalue weighted by Gasteiger charge is 2.23. The number of alkyl halides is 1. The second kappa shape index (κ2) is 6.10. The number of halogens is 2. The van der Waals surface area contributed by atoms with Gasteiger partial charge in [0.1, 0.15) is 10.7 Å². The smallest absolute Gasteiger partial charge is 0.207 e. The van der Waals surface area contributed by atoms with Gasteiger partial charge < -0.3 is 0 Å². The van der Waals surface area contributed by atoms with E-state index in [0.717, 1.165) is 6.07 Å². The van der Waals surface area contributed by atoms with Crippen molar-refractivity contribution < 1.29 is 12.8 Å². The van der Waals surface area contributed by atoms with Crippen LogP contribution < -0.4 is 4.72 Å². The summed E-state index contributed by atoms with van der Waals surface area (Å²) in [6.07, 6.45) is 0. The third kappa shape index (κ3) is 3.89. The molecule has 1 rings (SSSR count). The molecule has 0 aliphatic rings. The minimum atomic E-state index is -3.78. The Morgan fingerprint density at radius 1 is 1.35 bits per heavy atom. The molecule has 0 bridgehead atoms. The Bertz CT molecular complexity index is 476. The summed E-state index contributed by atoms with van der Waals surface area (Å²) in [5.41, 5.74) is 0. The molecule has 0 aliphatic carbocycles. The molecule has 96 valence electrons. The molecule has 1 atom stereocenters. The lowest BCUT2D eigenvalue weighted by Crippen LogP contribution is -2.39. The quantitative estimate of drug-likeness (QED) is 0.639.